The molecule has 192 valence electrons. The van der Waals surface area contributed by atoms with Crippen molar-refractivity contribution < 1.29 is 8.78 Å². The van der Waals surface area contributed by atoms with E-state index in [1.807, 2.05) is 24.4 Å². The molecule has 1 saturated heterocycles. The van der Waals surface area contributed by atoms with Gasteiger partial charge >= 0.3 is 0 Å². The van der Waals surface area contributed by atoms with Gasteiger partial charge in [0.25, 0.3) is 0 Å². The first kappa shape index (κ1) is 23.2. The van der Waals surface area contributed by atoms with E-state index >= 15 is 0 Å². The van der Waals surface area contributed by atoms with E-state index in [1.54, 1.807) is 0 Å². The van der Waals surface area contributed by atoms with Gasteiger partial charge in [-0.15, -0.1) is 0 Å². The topological polar surface area (TPSA) is 86.4 Å². The number of fused-ring (bicyclic) bond motifs is 1. The molecule has 2 fully saturated rings. The number of rotatable bonds is 6. The number of hydrogen-bond donors (Lipinski definition) is 2. The Hall–Kier alpha value is -3.98. The smallest absolute Gasteiger partial charge is 0.181 e. The van der Waals surface area contributed by atoms with Crippen LogP contribution >= 0.6 is 0 Å². The maximum absolute atomic E-state index is 14.2. The third-order valence-electron chi connectivity index (χ3n) is 7.71. The van der Waals surface area contributed by atoms with Gasteiger partial charge in [0.05, 0.1) is 5.52 Å². The van der Waals surface area contributed by atoms with Crippen molar-refractivity contribution in [1.29, 1.82) is 0 Å². The number of nitrogens with zero attached hydrogens (tertiary/aromatic N) is 5. The van der Waals surface area contributed by atoms with Crippen LogP contribution in [0.15, 0.2) is 54.7 Å². The minimum absolute atomic E-state index is 0.116. The maximum atomic E-state index is 14.2. The molecule has 0 amide bonds. The summed E-state index contributed by atoms with van der Waals surface area (Å²) >= 11 is 0. The highest BCUT2D eigenvalue weighted by molar-refractivity contribution is 5.95. The monoisotopic (exact) mass is 511 g/mol. The number of aromatic nitrogens is 6. The van der Waals surface area contributed by atoms with Crippen molar-refractivity contribution in [1.82, 2.24) is 35.3 Å². The Labute approximate surface area is 218 Å². The minimum atomic E-state index is -0.501. The van der Waals surface area contributed by atoms with Crippen molar-refractivity contribution >= 4 is 10.9 Å². The highest BCUT2D eigenvalue weighted by atomic mass is 19.1. The predicted molar refractivity (Wildman–Crippen MR) is 140 cm³/mol. The van der Waals surface area contributed by atoms with Gasteiger partial charge in [-0.2, -0.15) is 10.2 Å². The number of benzene rings is 2. The molecule has 3 aromatic heterocycles. The highest BCUT2D eigenvalue weighted by Crippen LogP contribution is 2.40. The van der Waals surface area contributed by atoms with E-state index in [4.69, 9.17) is 4.98 Å². The van der Waals surface area contributed by atoms with E-state index in [2.05, 4.69) is 42.4 Å². The van der Waals surface area contributed by atoms with E-state index in [-0.39, 0.29) is 18.0 Å². The van der Waals surface area contributed by atoms with E-state index in [0.29, 0.717) is 18.3 Å². The van der Waals surface area contributed by atoms with Crippen LogP contribution in [0.3, 0.4) is 0 Å². The molecule has 5 aromatic rings. The van der Waals surface area contributed by atoms with E-state index in [9.17, 15) is 8.78 Å². The van der Waals surface area contributed by atoms with Crippen molar-refractivity contribution in [3.63, 3.8) is 0 Å². The Bertz CT molecular complexity index is 1600. The fraction of sp³-hybridized carbons (Fsp3) is 0.310. The van der Waals surface area contributed by atoms with E-state index < -0.39 is 11.6 Å². The van der Waals surface area contributed by atoms with Gasteiger partial charge in [-0.1, -0.05) is 6.07 Å². The third kappa shape index (κ3) is 4.36. The van der Waals surface area contributed by atoms with Crippen LogP contribution in [0.4, 0.5) is 8.78 Å². The largest absolute Gasteiger partial charge is 0.298 e. The first-order valence-electron chi connectivity index (χ1n) is 13.1. The van der Waals surface area contributed by atoms with Crippen molar-refractivity contribution in [2.24, 2.45) is 0 Å². The highest BCUT2D eigenvalue weighted by Gasteiger charge is 2.27. The number of halogens is 2. The quantitative estimate of drug-likeness (QED) is 0.294. The summed E-state index contributed by atoms with van der Waals surface area (Å²) in [5, 5.41) is 16.4. The molecule has 1 aliphatic heterocycles. The normalized spacial score (nSPS) is 18.3. The molecule has 2 aliphatic rings. The molecule has 0 unspecified atom stereocenters. The van der Waals surface area contributed by atoms with Crippen LogP contribution in [0.5, 0.6) is 0 Å². The van der Waals surface area contributed by atoms with Crippen LogP contribution in [0.25, 0.3) is 33.5 Å². The summed E-state index contributed by atoms with van der Waals surface area (Å²) in [5.41, 5.74) is 5.05. The molecule has 1 saturated carbocycles. The van der Waals surface area contributed by atoms with Gasteiger partial charge < -0.3 is 0 Å². The van der Waals surface area contributed by atoms with Crippen molar-refractivity contribution in [2.45, 2.75) is 44.1 Å². The lowest BCUT2D eigenvalue weighted by molar-refractivity contribution is 0.192. The number of nitrogens with one attached hydrogen (secondary N) is 2. The molecule has 0 radical (unpaired) electrons. The number of hydrogen-bond acceptors (Lipinski definition) is 5. The molecule has 7 rings (SSSR count). The summed E-state index contributed by atoms with van der Waals surface area (Å²) in [6.07, 6.45) is 6.14. The summed E-state index contributed by atoms with van der Waals surface area (Å²) in [7, 11) is 0. The molecular formula is C29H27F2N7. The second-order valence-electron chi connectivity index (χ2n) is 10.4. The molecule has 0 bridgehead atoms. The standard InChI is InChI=1S/C29H27F2N7/c30-23-4-1-5-24(31)22(23)16-38-12-2-3-20(15-38)29-33-28(36-37-29)19-8-9-25-21(13-19)27(35-34-25)18-10-11-32-26(14-18)17-6-7-17/h1,4-5,8-11,13-14,17,20H,2-3,6-7,12,15-16H2,(H,34,35)(H,33,36,37)/t20-/m1/s1. The van der Waals surface area contributed by atoms with Gasteiger partial charge in [-0.3, -0.25) is 20.1 Å². The van der Waals surface area contributed by atoms with Crippen molar-refractivity contribution in [3.8, 4) is 22.6 Å². The Balaban J connectivity index is 1.13. The van der Waals surface area contributed by atoms with Crippen LogP contribution in [0, 0.1) is 11.6 Å². The summed E-state index contributed by atoms with van der Waals surface area (Å²) < 4.78 is 28.4. The SMILES string of the molecule is Fc1cccc(F)c1CN1CCC[C@@H](c2nc(-c3ccc4[nH]nc(-c5ccnc(C6CC6)c5)c4c3)n[nH]2)C1. The van der Waals surface area contributed by atoms with Crippen LogP contribution in [-0.2, 0) is 6.54 Å². The molecular weight excluding hydrogens is 484 g/mol. The van der Waals surface area contributed by atoms with Crippen molar-refractivity contribution in [2.75, 3.05) is 13.1 Å². The maximum Gasteiger partial charge on any atom is 0.181 e. The minimum Gasteiger partial charge on any atom is -0.298 e. The molecule has 9 heteroatoms. The fourth-order valence-electron chi connectivity index (χ4n) is 5.49. The zero-order valence-electron chi connectivity index (χ0n) is 20.8. The average molecular weight is 512 g/mol. The number of piperidine rings is 1. The molecule has 0 spiro atoms. The van der Waals surface area contributed by atoms with E-state index in [0.717, 1.165) is 58.6 Å². The average Bonchev–Trinajstić information content (AvgIpc) is 3.52. The van der Waals surface area contributed by atoms with Crippen molar-refractivity contribution in [3.05, 3.63) is 83.4 Å². The van der Waals surface area contributed by atoms with Crippen LogP contribution in [0.2, 0.25) is 0 Å². The molecule has 1 aliphatic carbocycles. The number of pyridine rings is 1. The summed E-state index contributed by atoms with van der Waals surface area (Å²) in [6.45, 7) is 1.70. The van der Waals surface area contributed by atoms with Crippen LogP contribution in [-0.4, -0.2) is 48.4 Å². The van der Waals surface area contributed by atoms with Gasteiger partial charge in [-0.25, -0.2) is 13.8 Å². The third-order valence-corrected chi connectivity index (χ3v) is 7.71. The number of H-pyrrole nitrogens is 2. The fourth-order valence-corrected chi connectivity index (χ4v) is 5.49. The second kappa shape index (κ2) is 9.40. The summed E-state index contributed by atoms with van der Waals surface area (Å²) in [5.74, 6) is 1.11. The lowest BCUT2D eigenvalue weighted by atomic mass is 9.97. The zero-order valence-corrected chi connectivity index (χ0v) is 20.8. The van der Waals surface area contributed by atoms with Gasteiger partial charge in [0.2, 0.25) is 0 Å². The molecule has 1 atom stereocenters. The molecule has 2 N–H and O–H groups in total. The van der Waals surface area contributed by atoms with Gasteiger partial charge in [0.15, 0.2) is 5.82 Å². The Morgan fingerprint density at radius 3 is 2.61 bits per heavy atom. The van der Waals surface area contributed by atoms with E-state index in [1.165, 1.54) is 31.0 Å². The Morgan fingerprint density at radius 1 is 0.895 bits per heavy atom. The predicted octanol–water partition coefficient (Wildman–Crippen LogP) is 5.95. The first-order valence-corrected chi connectivity index (χ1v) is 13.1. The van der Waals surface area contributed by atoms with Crippen LogP contribution in [0.1, 0.15) is 54.6 Å². The number of aromatic amines is 2. The molecule has 7 nitrogen and oxygen atoms in total. The Kier molecular flexibility index (Phi) is 5.73. The zero-order chi connectivity index (χ0) is 25.6. The molecule has 38 heavy (non-hydrogen) atoms. The van der Waals surface area contributed by atoms with Crippen LogP contribution < -0.4 is 0 Å². The lowest BCUT2D eigenvalue weighted by Crippen LogP contribution is -2.34. The summed E-state index contributed by atoms with van der Waals surface area (Å²) in [6, 6.07) is 14.2. The van der Waals surface area contributed by atoms with Gasteiger partial charge in [-0.05, 0) is 74.7 Å². The van der Waals surface area contributed by atoms with Gasteiger partial charge in [0, 0.05) is 58.9 Å². The number of likely N-dealkylation sites (tertiary alicyclic amines) is 1. The Morgan fingerprint density at radius 2 is 1.76 bits per heavy atom. The molecule has 4 heterocycles. The molecule has 2 aromatic carbocycles. The lowest BCUT2D eigenvalue weighted by Gasteiger charge is -2.31. The second-order valence-corrected chi connectivity index (χ2v) is 10.4. The van der Waals surface area contributed by atoms with Gasteiger partial charge in [0.1, 0.15) is 23.2 Å². The summed E-state index contributed by atoms with van der Waals surface area (Å²) in [4.78, 5) is 11.5. The first-order chi connectivity index (χ1) is 18.6.